The summed E-state index contributed by atoms with van der Waals surface area (Å²) in [5, 5.41) is 11.8. The highest BCUT2D eigenvalue weighted by molar-refractivity contribution is 7.99. The van der Waals surface area contributed by atoms with E-state index in [1.165, 1.54) is 11.8 Å². The number of nitrogens with zero attached hydrogens (tertiary/aromatic N) is 3. The zero-order chi connectivity index (χ0) is 17.5. The molecule has 0 spiro atoms. The third kappa shape index (κ3) is 4.49. The third-order valence-electron chi connectivity index (χ3n) is 3.36. The highest BCUT2D eigenvalue weighted by Gasteiger charge is 2.15. The lowest BCUT2D eigenvalue weighted by atomic mass is 10.3. The van der Waals surface area contributed by atoms with Crippen LogP contribution in [0.1, 0.15) is 11.6 Å². The Bertz CT molecular complexity index is 803. The number of rotatable bonds is 8. The van der Waals surface area contributed by atoms with Crippen LogP contribution in [0.15, 0.2) is 58.3 Å². The van der Waals surface area contributed by atoms with E-state index in [0.29, 0.717) is 29.9 Å². The average molecular weight is 358 g/mol. The van der Waals surface area contributed by atoms with Crippen molar-refractivity contribution < 1.29 is 13.9 Å². The summed E-state index contributed by atoms with van der Waals surface area (Å²) in [6.45, 7) is 0.708. The van der Waals surface area contributed by atoms with E-state index in [2.05, 4.69) is 15.5 Å². The molecule has 2 heterocycles. The Kier molecular flexibility index (Phi) is 5.86. The Hall–Kier alpha value is -2.58. The predicted molar refractivity (Wildman–Crippen MR) is 93.4 cm³/mol. The average Bonchev–Trinajstić information content (AvgIpc) is 3.29. The van der Waals surface area contributed by atoms with E-state index >= 15 is 0 Å². The lowest BCUT2D eigenvalue weighted by Gasteiger charge is -2.09. The van der Waals surface area contributed by atoms with Crippen LogP contribution in [0.25, 0.3) is 5.69 Å². The number of furan rings is 1. The van der Waals surface area contributed by atoms with Crippen molar-refractivity contribution in [3.05, 3.63) is 60.3 Å². The van der Waals surface area contributed by atoms with Gasteiger partial charge < -0.3 is 14.5 Å². The molecule has 0 saturated carbocycles. The van der Waals surface area contributed by atoms with Crippen LogP contribution < -0.4 is 5.32 Å². The van der Waals surface area contributed by atoms with E-state index < -0.39 is 0 Å². The van der Waals surface area contributed by atoms with Crippen LogP contribution in [-0.4, -0.2) is 33.5 Å². The van der Waals surface area contributed by atoms with Crippen molar-refractivity contribution in [1.82, 2.24) is 20.1 Å². The summed E-state index contributed by atoms with van der Waals surface area (Å²) in [5.74, 6) is 1.54. The minimum absolute atomic E-state index is 0.0997. The zero-order valence-electron chi connectivity index (χ0n) is 13.7. The van der Waals surface area contributed by atoms with E-state index in [0.717, 1.165) is 5.69 Å². The van der Waals surface area contributed by atoms with Crippen molar-refractivity contribution in [3.63, 3.8) is 0 Å². The highest BCUT2D eigenvalue weighted by Crippen LogP contribution is 2.22. The monoisotopic (exact) mass is 358 g/mol. The number of hydrogen-bond donors (Lipinski definition) is 1. The fourth-order valence-electron chi connectivity index (χ4n) is 2.23. The number of benzene rings is 1. The Morgan fingerprint density at radius 3 is 2.80 bits per heavy atom. The molecular formula is C17H18N4O3S. The van der Waals surface area contributed by atoms with Crippen molar-refractivity contribution in [3.8, 4) is 5.69 Å². The van der Waals surface area contributed by atoms with E-state index in [-0.39, 0.29) is 11.7 Å². The molecule has 1 amide bonds. The number of ether oxygens (including phenoxy) is 1. The summed E-state index contributed by atoms with van der Waals surface area (Å²) in [4.78, 5) is 12.0. The maximum Gasteiger partial charge on any atom is 0.230 e. The van der Waals surface area contributed by atoms with Gasteiger partial charge in [-0.3, -0.25) is 9.36 Å². The van der Waals surface area contributed by atoms with Gasteiger partial charge in [-0.15, -0.1) is 10.2 Å². The van der Waals surface area contributed by atoms with E-state index in [1.54, 1.807) is 19.4 Å². The van der Waals surface area contributed by atoms with Gasteiger partial charge in [0.2, 0.25) is 5.91 Å². The van der Waals surface area contributed by atoms with Crippen LogP contribution in [0, 0.1) is 0 Å². The molecule has 0 bridgehead atoms. The first-order valence-electron chi connectivity index (χ1n) is 7.68. The molecule has 3 rings (SSSR count). The number of thioether (sulfide) groups is 1. The van der Waals surface area contributed by atoms with Gasteiger partial charge in [-0.05, 0) is 24.3 Å². The molecule has 0 fully saturated rings. The highest BCUT2D eigenvalue weighted by atomic mass is 32.2. The molecular weight excluding hydrogens is 340 g/mol. The van der Waals surface area contributed by atoms with Gasteiger partial charge in [0.1, 0.15) is 12.4 Å². The second-order valence-corrected chi connectivity index (χ2v) is 6.09. The molecule has 8 heteroatoms. The number of amides is 1. The molecule has 0 aliphatic carbocycles. The van der Waals surface area contributed by atoms with Crippen LogP contribution in [-0.2, 0) is 22.7 Å². The molecule has 3 aromatic rings. The summed E-state index contributed by atoms with van der Waals surface area (Å²) in [6.07, 6.45) is 1.58. The van der Waals surface area contributed by atoms with Crippen molar-refractivity contribution in [2.24, 2.45) is 0 Å². The molecule has 0 unspecified atom stereocenters. The lowest BCUT2D eigenvalue weighted by Crippen LogP contribution is -2.24. The van der Waals surface area contributed by atoms with Crippen LogP contribution in [0.4, 0.5) is 0 Å². The van der Waals surface area contributed by atoms with Crippen molar-refractivity contribution >= 4 is 17.7 Å². The zero-order valence-corrected chi connectivity index (χ0v) is 14.5. The number of para-hydroxylation sites is 1. The molecule has 130 valence electrons. The summed E-state index contributed by atoms with van der Waals surface area (Å²) in [6, 6.07) is 13.4. The number of methoxy groups -OCH3 is 1. The van der Waals surface area contributed by atoms with Crippen molar-refractivity contribution in [2.75, 3.05) is 12.9 Å². The summed E-state index contributed by atoms with van der Waals surface area (Å²) in [7, 11) is 1.61. The van der Waals surface area contributed by atoms with E-state index in [9.17, 15) is 4.79 Å². The van der Waals surface area contributed by atoms with Crippen LogP contribution in [0.3, 0.4) is 0 Å². The largest absolute Gasteiger partial charge is 0.467 e. The van der Waals surface area contributed by atoms with Gasteiger partial charge in [0, 0.05) is 12.8 Å². The molecule has 25 heavy (non-hydrogen) atoms. The number of aromatic nitrogens is 3. The quantitative estimate of drug-likeness (QED) is 0.623. The second kappa shape index (κ2) is 8.50. The fourth-order valence-corrected chi connectivity index (χ4v) is 3.03. The van der Waals surface area contributed by atoms with Crippen LogP contribution in [0.2, 0.25) is 0 Å². The second-order valence-electron chi connectivity index (χ2n) is 5.15. The van der Waals surface area contributed by atoms with Crippen molar-refractivity contribution in [1.29, 1.82) is 0 Å². The fraction of sp³-hybridized carbons (Fsp3) is 0.235. The first-order chi connectivity index (χ1) is 12.3. The lowest BCUT2D eigenvalue weighted by molar-refractivity contribution is -0.118. The Morgan fingerprint density at radius 1 is 1.24 bits per heavy atom. The first kappa shape index (κ1) is 17.2. The molecule has 0 aliphatic rings. The van der Waals surface area contributed by atoms with Gasteiger partial charge in [-0.25, -0.2) is 0 Å². The number of nitrogens with one attached hydrogen (secondary N) is 1. The van der Waals surface area contributed by atoms with Gasteiger partial charge in [0.15, 0.2) is 11.0 Å². The number of hydrogen-bond acceptors (Lipinski definition) is 6. The molecule has 0 saturated heterocycles. The van der Waals surface area contributed by atoms with Gasteiger partial charge in [0.05, 0.1) is 18.6 Å². The van der Waals surface area contributed by atoms with E-state index in [1.807, 2.05) is 41.0 Å². The molecule has 2 aromatic heterocycles. The summed E-state index contributed by atoms with van der Waals surface area (Å²) >= 11 is 1.33. The predicted octanol–water partition coefficient (Wildman–Crippen LogP) is 2.42. The smallest absolute Gasteiger partial charge is 0.230 e. The van der Waals surface area contributed by atoms with Crippen LogP contribution in [0.5, 0.6) is 0 Å². The first-order valence-corrected chi connectivity index (χ1v) is 8.67. The third-order valence-corrected chi connectivity index (χ3v) is 4.29. The Morgan fingerprint density at radius 2 is 2.08 bits per heavy atom. The maximum absolute atomic E-state index is 12.0. The Labute approximate surface area is 149 Å². The topological polar surface area (TPSA) is 82.2 Å². The molecule has 0 aliphatic heterocycles. The van der Waals surface area contributed by atoms with Crippen molar-refractivity contribution in [2.45, 2.75) is 18.3 Å². The van der Waals surface area contributed by atoms with Gasteiger partial charge in [-0.1, -0.05) is 30.0 Å². The molecule has 7 nitrogen and oxygen atoms in total. The molecule has 1 aromatic carbocycles. The summed E-state index contributed by atoms with van der Waals surface area (Å²) in [5.41, 5.74) is 0.929. The SMILES string of the molecule is COCc1nnc(SCC(=O)NCc2ccco2)n1-c1ccccc1. The number of carbonyl (C=O) groups excluding carboxylic acids is 1. The minimum atomic E-state index is -0.0997. The molecule has 0 atom stereocenters. The normalized spacial score (nSPS) is 10.8. The molecule has 0 radical (unpaired) electrons. The molecule has 1 N–H and O–H groups in total. The summed E-state index contributed by atoms with van der Waals surface area (Å²) < 4.78 is 12.3. The number of carbonyl (C=O) groups is 1. The van der Waals surface area contributed by atoms with Crippen LogP contribution >= 0.6 is 11.8 Å². The Balaban J connectivity index is 1.66. The van der Waals surface area contributed by atoms with Gasteiger partial charge in [0.25, 0.3) is 0 Å². The maximum atomic E-state index is 12.0. The van der Waals surface area contributed by atoms with E-state index in [4.69, 9.17) is 9.15 Å². The minimum Gasteiger partial charge on any atom is -0.467 e. The standard InChI is InChI=1S/C17H18N4O3S/c1-23-11-15-19-20-17(21(15)13-6-3-2-4-7-13)25-12-16(22)18-10-14-8-5-9-24-14/h2-9H,10-12H2,1H3,(H,18,22). The van der Waals surface area contributed by atoms with Gasteiger partial charge >= 0.3 is 0 Å². The van der Waals surface area contributed by atoms with Gasteiger partial charge in [-0.2, -0.15) is 0 Å².